The number of anilines is 2. The molecule has 9 nitrogen and oxygen atoms in total. The molecular weight excluding hydrogens is 672 g/mol. The quantitative estimate of drug-likeness (QED) is 0.159. The number of benzene rings is 3. The van der Waals surface area contributed by atoms with Crippen LogP contribution in [0.15, 0.2) is 66.7 Å². The van der Waals surface area contributed by atoms with Crippen LogP contribution < -0.4 is 26.0 Å². The van der Waals surface area contributed by atoms with Crippen LogP contribution in [0.1, 0.15) is 17.5 Å². The summed E-state index contributed by atoms with van der Waals surface area (Å²) in [4.78, 5) is 24.9. The van der Waals surface area contributed by atoms with Crippen molar-refractivity contribution in [3.63, 3.8) is 0 Å². The van der Waals surface area contributed by atoms with E-state index in [0.29, 0.717) is 12.0 Å². The van der Waals surface area contributed by atoms with E-state index in [2.05, 4.69) is 20.7 Å². The first-order valence-corrected chi connectivity index (χ1v) is 14.9. The predicted octanol–water partition coefficient (Wildman–Crippen LogP) is 6.10. The summed E-state index contributed by atoms with van der Waals surface area (Å²) >= 11 is 0. The van der Waals surface area contributed by atoms with Crippen LogP contribution in [0, 0.1) is 11.6 Å². The van der Waals surface area contributed by atoms with Gasteiger partial charge in [0, 0.05) is 29.9 Å². The number of alkyl carbamates (subject to hydrolysis) is 1. The van der Waals surface area contributed by atoms with Crippen molar-refractivity contribution in [1.29, 1.82) is 0 Å². The summed E-state index contributed by atoms with van der Waals surface area (Å²) in [6, 6.07) is 12.6. The number of halogens is 8. The molecule has 4 N–H and O–H groups in total. The molecule has 17 heteroatoms. The normalized spacial score (nSPS) is 17.1. The minimum absolute atomic E-state index is 0.0391. The van der Waals surface area contributed by atoms with Crippen LogP contribution in [0.2, 0.25) is 0 Å². The Bertz CT molecular complexity index is 1530. The molecule has 0 bridgehead atoms. The summed E-state index contributed by atoms with van der Waals surface area (Å²) in [7, 11) is 0. The number of nitrogens with one attached hydrogen (secondary N) is 4. The molecule has 1 fully saturated rings. The van der Waals surface area contributed by atoms with Crippen LogP contribution in [0.3, 0.4) is 0 Å². The van der Waals surface area contributed by atoms with Crippen molar-refractivity contribution in [1.82, 2.24) is 10.6 Å². The Morgan fingerprint density at radius 1 is 0.959 bits per heavy atom. The molecule has 3 aromatic rings. The Labute approximate surface area is 275 Å². The van der Waals surface area contributed by atoms with Gasteiger partial charge in [-0.25, -0.2) is 13.6 Å². The summed E-state index contributed by atoms with van der Waals surface area (Å²) < 4.78 is 118. The summed E-state index contributed by atoms with van der Waals surface area (Å²) in [6.45, 7) is -1.43. The van der Waals surface area contributed by atoms with Gasteiger partial charge in [0.05, 0.1) is 18.8 Å². The molecule has 3 aromatic carbocycles. The van der Waals surface area contributed by atoms with E-state index in [0.717, 1.165) is 24.3 Å². The maximum Gasteiger partial charge on any atom is 0.573 e. The molecule has 1 aliphatic heterocycles. The third kappa shape index (κ3) is 12.7. The fourth-order valence-corrected chi connectivity index (χ4v) is 4.84. The van der Waals surface area contributed by atoms with Gasteiger partial charge in [0.1, 0.15) is 36.6 Å². The highest BCUT2D eigenvalue weighted by molar-refractivity contribution is 5.96. The van der Waals surface area contributed by atoms with Gasteiger partial charge in [-0.2, -0.15) is 13.2 Å². The number of hydrogen-bond donors (Lipinski definition) is 4. The maximum absolute atomic E-state index is 15.2. The summed E-state index contributed by atoms with van der Waals surface area (Å²) in [5, 5.41) is 10.4. The van der Waals surface area contributed by atoms with Crippen molar-refractivity contribution in [2.24, 2.45) is 0 Å². The van der Waals surface area contributed by atoms with Gasteiger partial charge >= 0.3 is 18.6 Å². The van der Waals surface area contributed by atoms with E-state index in [1.807, 2.05) is 0 Å². The molecule has 0 unspecified atom stereocenters. The number of amides is 2. The zero-order valence-electron chi connectivity index (χ0n) is 25.6. The van der Waals surface area contributed by atoms with Crippen LogP contribution in [-0.4, -0.2) is 69.0 Å². The fourth-order valence-electron chi connectivity index (χ4n) is 4.84. The highest BCUT2D eigenvalue weighted by atomic mass is 19.4. The van der Waals surface area contributed by atoms with E-state index in [4.69, 9.17) is 9.47 Å². The molecule has 49 heavy (non-hydrogen) atoms. The molecule has 3 atom stereocenters. The first-order chi connectivity index (χ1) is 23.1. The van der Waals surface area contributed by atoms with Gasteiger partial charge < -0.3 is 35.5 Å². The first-order valence-electron chi connectivity index (χ1n) is 14.9. The minimum Gasteiger partial charge on any atom is -0.448 e. The van der Waals surface area contributed by atoms with Crippen molar-refractivity contribution in [2.45, 2.75) is 50.0 Å². The van der Waals surface area contributed by atoms with Crippen LogP contribution in [0.25, 0.3) is 0 Å². The van der Waals surface area contributed by atoms with Gasteiger partial charge in [0.15, 0.2) is 0 Å². The summed E-state index contributed by atoms with van der Waals surface area (Å²) in [5.41, 5.74) is 1.24. The average Bonchev–Trinajstić information content (AvgIpc) is 3.03. The Morgan fingerprint density at radius 3 is 2.31 bits per heavy atom. The molecular formula is C32H32F8N4O5. The van der Waals surface area contributed by atoms with Gasteiger partial charge in [-0.1, -0.05) is 18.2 Å². The molecule has 0 radical (unpaired) electrons. The summed E-state index contributed by atoms with van der Waals surface area (Å²) in [6.07, 6.45) is -10.7. The van der Waals surface area contributed by atoms with Gasteiger partial charge in [-0.05, 0) is 66.9 Å². The third-order valence-corrected chi connectivity index (χ3v) is 7.21. The number of ether oxygens (including phenoxy) is 3. The van der Waals surface area contributed by atoms with Crippen molar-refractivity contribution < 1.29 is 58.9 Å². The average molecular weight is 705 g/mol. The molecule has 266 valence electrons. The SMILES string of the molecule is O=C(NCC(F)(F)F)OC[C@@H]1CO[C@H](CCc2c(F)cccc2N[C@@H](Cc2ccc(OC(F)(F)F)cc2)C(=O)Nc2ccc(F)cc2)CN1. The molecule has 0 spiro atoms. The maximum atomic E-state index is 15.2. The van der Waals surface area contributed by atoms with Gasteiger partial charge in [-0.3, -0.25) is 4.79 Å². The van der Waals surface area contributed by atoms with E-state index >= 15 is 4.39 Å². The van der Waals surface area contributed by atoms with Gasteiger partial charge in [0.25, 0.3) is 0 Å². The Kier molecular flexibility index (Phi) is 12.6. The number of alkyl halides is 6. The van der Waals surface area contributed by atoms with Crippen LogP contribution in [0.4, 0.5) is 51.3 Å². The second-order valence-electron chi connectivity index (χ2n) is 11.0. The van der Waals surface area contributed by atoms with Crippen LogP contribution in [-0.2, 0) is 27.1 Å². The van der Waals surface area contributed by atoms with E-state index in [1.165, 1.54) is 36.4 Å². The summed E-state index contributed by atoms with van der Waals surface area (Å²) in [5.74, 6) is -2.13. The van der Waals surface area contributed by atoms with E-state index in [9.17, 15) is 40.3 Å². The van der Waals surface area contributed by atoms with Crippen molar-refractivity contribution in [3.05, 3.63) is 89.5 Å². The Hall–Kier alpha value is -4.64. The lowest BCUT2D eigenvalue weighted by Crippen LogP contribution is -2.49. The second kappa shape index (κ2) is 16.6. The van der Waals surface area contributed by atoms with E-state index < -0.39 is 66.7 Å². The molecule has 1 heterocycles. The molecule has 0 aliphatic carbocycles. The third-order valence-electron chi connectivity index (χ3n) is 7.21. The Balaban J connectivity index is 1.39. The minimum atomic E-state index is -4.89. The first kappa shape index (κ1) is 37.2. The van der Waals surface area contributed by atoms with Crippen LogP contribution in [0.5, 0.6) is 5.75 Å². The van der Waals surface area contributed by atoms with Crippen molar-refractivity contribution >= 4 is 23.4 Å². The lowest BCUT2D eigenvalue weighted by molar-refractivity contribution is -0.274. The van der Waals surface area contributed by atoms with Gasteiger partial charge in [0.2, 0.25) is 5.91 Å². The largest absolute Gasteiger partial charge is 0.573 e. The van der Waals surface area contributed by atoms with Gasteiger partial charge in [-0.15, -0.1) is 13.2 Å². The van der Waals surface area contributed by atoms with Crippen LogP contribution >= 0.6 is 0 Å². The number of hydrogen-bond acceptors (Lipinski definition) is 7. The topological polar surface area (TPSA) is 110 Å². The lowest BCUT2D eigenvalue weighted by Gasteiger charge is -2.30. The second-order valence-corrected chi connectivity index (χ2v) is 11.0. The number of rotatable bonds is 13. The molecule has 4 rings (SSSR count). The zero-order valence-corrected chi connectivity index (χ0v) is 25.6. The fraction of sp³-hybridized carbons (Fsp3) is 0.375. The van der Waals surface area contributed by atoms with E-state index in [-0.39, 0.29) is 49.5 Å². The Morgan fingerprint density at radius 2 is 1.67 bits per heavy atom. The standard InChI is InChI=1S/C32H32F8N4O5/c33-20-6-8-21(9-7-20)43-29(45)28(14-19-4-10-23(11-5-19)49-32(38,39)40)44-27-3-1-2-26(34)25(27)13-12-24-15-41-22(16-47-24)17-48-30(46)42-18-31(35,36)37/h1-11,22,24,28,41,44H,12-18H2,(H,42,46)(H,43,45)/t22-,24+,28-/m0/s1. The number of morpholine rings is 1. The molecule has 0 saturated carbocycles. The zero-order chi connectivity index (χ0) is 35.6. The molecule has 1 aliphatic rings. The lowest BCUT2D eigenvalue weighted by atomic mass is 10.0. The molecule has 2 amide bonds. The highest BCUT2D eigenvalue weighted by Gasteiger charge is 2.31. The predicted molar refractivity (Wildman–Crippen MR) is 161 cm³/mol. The van der Waals surface area contributed by atoms with E-state index in [1.54, 1.807) is 11.4 Å². The van der Waals surface area contributed by atoms with Crippen molar-refractivity contribution in [2.75, 3.05) is 36.9 Å². The van der Waals surface area contributed by atoms with Crippen molar-refractivity contribution in [3.8, 4) is 5.75 Å². The number of carbonyl (C=O) groups is 2. The molecule has 1 saturated heterocycles. The number of carbonyl (C=O) groups excluding carboxylic acids is 2. The smallest absolute Gasteiger partial charge is 0.448 e. The highest BCUT2D eigenvalue weighted by Crippen LogP contribution is 2.26. The molecule has 0 aromatic heterocycles. The monoisotopic (exact) mass is 704 g/mol.